The second kappa shape index (κ2) is 5.42. The van der Waals surface area contributed by atoms with Gasteiger partial charge in [-0.1, -0.05) is 0 Å². The van der Waals surface area contributed by atoms with E-state index in [2.05, 4.69) is 0 Å². The zero-order chi connectivity index (χ0) is 11.4. The second-order valence-corrected chi connectivity index (χ2v) is 3.61. The fourth-order valence-electron chi connectivity index (χ4n) is 0.472. The number of hydrogen-bond acceptors (Lipinski definition) is 4. The van der Waals surface area contributed by atoms with Crippen molar-refractivity contribution in [3.05, 3.63) is 0 Å². The van der Waals surface area contributed by atoms with E-state index in [9.17, 15) is 18.0 Å². The van der Waals surface area contributed by atoms with Gasteiger partial charge in [0.2, 0.25) is 0 Å². The quantitative estimate of drug-likeness (QED) is 0.625. The van der Waals surface area contributed by atoms with Gasteiger partial charge in [0.15, 0.2) is 6.10 Å². The Hall–Kier alpha value is -0.470. The number of alkyl halides is 3. The van der Waals surface area contributed by atoms with Crippen molar-refractivity contribution < 1.29 is 28.2 Å². The van der Waals surface area contributed by atoms with Gasteiger partial charge in [-0.3, -0.25) is 4.79 Å². The number of aliphatic hydroxyl groups is 1. The molecule has 0 amide bonds. The first kappa shape index (κ1) is 13.5. The van der Waals surface area contributed by atoms with E-state index in [1.165, 1.54) is 0 Å². The lowest BCUT2D eigenvalue weighted by molar-refractivity contribution is -0.195. The number of halogens is 3. The molecule has 0 aliphatic rings. The van der Waals surface area contributed by atoms with Gasteiger partial charge in [0.05, 0.1) is 0 Å². The molecule has 2 atom stereocenters. The number of carboxylic acid groups (broad SMARTS) is 1. The van der Waals surface area contributed by atoms with Crippen LogP contribution in [0.15, 0.2) is 0 Å². The summed E-state index contributed by atoms with van der Waals surface area (Å²) >= 11 is 0.649. The number of rotatable bonds is 5. The molecule has 0 aliphatic carbocycles. The zero-order valence-electron chi connectivity index (χ0n) is 6.99. The van der Waals surface area contributed by atoms with Crippen molar-refractivity contribution in [3.63, 3.8) is 0 Å². The van der Waals surface area contributed by atoms with Crippen LogP contribution in [0.25, 0.3) is 0 Å². The maximum atomic E-state index is 11.7. The van der Waals surface area contributed by atoms with Crippen molar-refractivity contribution in [1.82, 2.24) is 0 Å². The van der Waals surface area contributed by atoms with Gasteiger partial charge in [0.1, 0.15) is 6.04 Å². The predicted octanol–water partition coefficient (Wildman–Crippen LogP) is 0.0547. The highest BCUT2D eigenvalue weighted by atomic mass is 32.2. The van der Waals surface area contributed by atoms with Gasteiger partial charge >= 0.3 is 12.1 Å². The van der Waals surface area contributed by atoms with Gasteiger partial charge in [-0.05, 0) is 0 Å². The van der Waals surface area contributed by atoms with E-state index in [4.69, 9.17) is 15.9 Å². The summed E-state index contributed by atoms with van der Waals surface area (Å²) in [5, 5.41) is 16.8. The van der Waals surface area contributed by atoms with Crippen molar-refractivity contribution in [3.8, 4) is 0 Å². The summed E-state index contributed by atoms with van der Waals surface area (Å²) in [7, 11) is 0. The summed E-state index contributed by atoms with van der Waals surface area (Å²) < 4.78 is 35.2. The highest BCUT2D eigenvalue weighted by molar-refractivity contribution is 7.99. The Morgan fingerprint density at radius 2 is 1.93 bits per heavy atom. The lowest BCUT2D eigenvalue weighted by Crippen LogP contribution is -2.35. The molecule has 0 fully saturated rings. The van der Waals surface area contributed by atoms with E-state index in [1.807, 2.05) is 0 Å². The third-order valence-corrected chi connectivity index (χ3v) is 2.41. The topological polar surface area (TPSA) is 83.5 Å². The fourth-order valence-corrected chi connectivity index (χ4v) is 1.42. The van der Waals surface area contributed by atoms with Gasteiger partial charge in [0, 0.05) is 11.5 Å². The van der Waals surface area contributed by atoms with Crippen LogP contribution >= 0.6 is 11.8 Å². The van der Waals surface area contributed by atoms with E-state index in [0.29, 0.717) is 11.8 Å². The molecule has 0 aliphatic heterocycles. The predicted molar refractivity (Wildman–Crippen MR) is 45.0 cm³/mol. The summed E-state index contributed by atoms with van der Waals surface area (Å²) in [6.07, 6.45) is -7.10. The molecule has 0 aromatic rings. The smallest absolute Gasteiger partial charge is 0.415 e. The Balaban J connectivity index is 3.70. The molecule has 0 bridgehead atoms. The third kappa shape index (κ3) is 5.30. The van der Waals surface area contributed by atoms with Gasteiger partial charge < -0.3 is 15.9 Å². The molecule has 0 heterocycles. The second-order valence-electron chi connectivity index (χ2n) is 2.54. The number of hydrogen-bond donors (Lipinski definition) is 3. The van der Waals surface area contributed by atoms with Gasteiger partial charge in [0.25, 0.3) is 0 Å². The summed E-state index contributed by atoms with van der Waals surface area (Å²) in [4.78, 5) is 10.1. The Labute approximate surface area is 82.3 Å². The Morgan fingerprint density at radius 1 is 1.43 bits per heavy atom. The lowest BCUT2D eigenvalue weighted by Gasteiger charge is -2.14. The molecule has 0 spiro atoms. The summed E-state index contributed by atoms with van der Waals surface area (Å²) in [5.74, 6) is -2.05. The first-order valence-corrected chi connectivity index (χ1v) is 4.71. The molecule has 8 heteroatoms. The lowest BCUT2D eigenvalue weighted by atomic mass is 10.4. The van der Waals surface area contributed by atoms with Crippen molar-refractivity contribution >= 4 is 17.7 Å². The molecule has 0 radical (unpaired) electrons. The zero-order valence-corrected chi connectivity index (χ0v) is 7.81. The minimum atomic E-state index is -4.67. The molecule has 0 saturated carbocycles. The maximum absolute atomic E-state index is 11.7. The summed E-state index contributed by atoms with van der Waals surface area (Å²) in [6, 6.07) is -1.21. The highest BCUT2D eigenvalue weighted by Gasteiger charge is 2.37. The van der Waals surface area contributed by atoms with E-state index in [-0.39, 0.29) is 5.75 Å². The number of aliphatic carboxylic acids is 1. The van der Waals surface area contributed by atoms with Crippen LogP contribution in [0, 0.1) is 0 Å². The molecule has 4 nitrogen and oxygen atoms in total. The van der Waals surface area contributed by atoms with Crippen LogP contribution in [0.3, 0.4) is 0 Å². The average molecular weight is 233 g/mol. The largest absolute Gasteiger partial charge is 0.480 e. The van der Waals surface area contributed by atoms with Crippen molar-refractivity contribution in [2.24, 2.45) is 5.73 Å². The van der Waals surface area contributed by atoms with Crippen molar-refractivity contribution in [2.75, 3.05) is 11.5 Å². The summed E-state index contributed by atoms with van der Waals surface area (Å²) in [6.45, 7) is 0. The number of thioether (sulfide) groups is 1. The van der Waals surface area contributed by atoms with E-state index >= 15 is 0 Å². The molecule has 0 aromatic heterocycles. The Kier molecular flexibility index (Phi) is 5.24. The number of carbonyl (C=O) groups is 1. The molecule has 84 valence electrons. The Morgan fingerprint density at radius 3 is 2.29 bits per heavy atom. The summed E-state index contributed by atoms with van der Waals surface area (Å²) in [5.41, 5.74) is 5.03. The van der Waals surface area contributed by atoms with E-state index < -0.39 is 30.0 Å². The minimum Gasteiger partial charge on any atom is -0.480 e. The van der Waals surface area contributed by atoms with Gasteiger partial charge in [-0.25, -0.2) is 0 Å². The molecule has 2 unspecified atom stereocenters. The molecule has 14 heavy (non-hydrogen) atoms. The van der Waals surface area contributed by atoms with E-state index in [0.717, 1.165) is 0 Å². The number of nitrogens with two attached hydrogens (primary N) is 1. The molecular weight excluding hydrogens is 223 g/mol. The van der Waals surface area contributed by atoms with Crippen LogP contribution in [-0.4, -0.2) is 46.0 Å². The Bertz CT molecular complexity index is 199. The molecule has 0 saturated heterocycles. The van der Waals surface area contributed by atoms with Crippen LogP contribution in [0.4, 0.5) is 13.2 Å². The van der Waals surface area contributed by atoms with E-state index in [1.54, 1.807) is 0 Å². The molecule has 0 aromatic carbocycles. The molecular formula is C6H10F3NO3S. The van der Waals surface area contributed by atoms with Crippen LogP contribution < -0.4 is 5.73 Å². The number of aliphatic hydroxyl groups excluding tert-OH is 1. The standard InChI is InChI=1S/C6H10F3NO3S/c7-6(8,9)4(11)2-14-1-3(10)5(12)13/h3-4,11H,1-2,10H2,(H,12,13). The van der Waals surface area contributed by atoms with Crippen LogP contribution in [-0.2, 0) is 4.79 Å². The molecule has 0 rings (SSSR count). The minimum absolute atomic E-state index is 0.164. The normalized spacial score (nSPS) is 16.4. The van der Waals surface area contributed by atoms with Crippen LogP contribution in [0.1, 0.15) is 0 Å². The molecule has 4 N–H and O–H groups in total. The van der Waals surface area contributed by atoms with Crippen molar-refractivity contribution in [2.45, 2.75) is 18.3 Å². The average Bonchev–Trinajstić information content (AvgIpc) is 2.01. The first-order chi connectivity index (χ1) is 6.25. The monoisotopic (exact) mass is 233 g/mol. The third-order valence-electron chi connectivity index (χ3n) is 1.27. The number of carboxylic acids is 1. The van der Waals surface area contributed by atoms with Crippen molar-refractivity contribution in [1.29, 1.82) is 0 Å². The fraction of sp³-hybridized carbons (Fsp3) is 0.833. The van der Waals surface area contributed by atoms with Gasteiger partial charge in [-0.15, -0.1) is 0 Å². The highest BCUT2D eigenvalue weighted by Crippen LogP contribution is 2.22. The van der Waals surface area contributed by atoms with Gasteiger partial charge in [-0.2, -0.15) is 24.9 Å². The first-order valence-electron chi connectivity index (χ1n) is 3.56. The maximum Gasteiger partial charge on any atom is 0.415 e. The van der Waals surface area contributed by atoms with Crippen LogP contribution in [0.5, 0.6) is 0 Å². The SMILES string of the molecule is NC(CSCC(O)C(F)(F)F)C(=O)O. The van der Waals surface area contributed by atoms with Crippen LogP contribution in [0.2, 0.25) is 0 Å².